The fourth-order valence-electron chi connectivity index (χ4n) is 2.57. The molecule has 1 fully saturated rings. The van der Waals surface area contributed by atoms with E-state index in [2.05, 4.69) is 22.2 Å². The molecule has 1 aromatic rings. The van der Waals surface area contributed by atoms with E-state index in [9.17, 15) is 4.79 Å². The summed E-state index contributed by atoms with van der Waals surface area (Å²) in [5.41, 5.74) is 6.31. The molecule has 1 saturated carbocycles. The van der Waals surface area contributed by atoms with E-state index in [1.54, 1.807) is 12.3 Å². The number of carbonyl (C=O) groups excluding carboxylic acids is 1. The minimum atomic E-state index is -0.704. The Morgan fingerprint density at radius 3 is 3.17 bits per heavy atom. The predicted octanol–water partition coefficient (Wildman–Crippen LogP) is 1.00. The van der Waals surface area contributed by atoms with Crippen LogP contribution in [0.25, 0.3) is 0 Å². The van der Waals surface area contributed by atoms with Crippen LogP contribution in [0.2, 0.25) is 0 Å². The van der Waals surface area contributed by atoms with Gasteiger partial charge in [-0.05, 0) is 24.8 Å². The van der Waals surface area contributed by atoms with Crippen LogP contribution in [0, 0.1) is 5.92 Å². The topological polar surface area (TPSA) is 80.9 Å². The first-order valence-corrected chi connectivity index (χ1v) is 6.42. The van der Waals surface area contributed by atoms with Crippen LogP contribution in [0.1, 0.15) is 38.3 Å². The number of aromatic nitrogens is 2. The molecule has 2 rings (SSSR count). The highest BCUT2D eigenvalue weighted by Crippen LogP contribution is 2.30. The summed E-state index contributed by atoms with van der Waals surface area (Å²) in [6.45, 7) is 2.56. The second kappa shape index (κ2) is 5.44. The molecule has 0 spiro atoms. The Hall–Kier alpha value is -1.49. The molecule has 0 radical (unpaired) electrons. The first kappa shape index (κ1) is 13.0. The van der Waals surface area contributed by atoms with Gasteiger partial charge in [-0.15, -0.1) is 0 Å². The highest BCUT2D eigenvalue weighted by Gasteiger charge is 2.37. The zero-order valence-electron chi connectivity index (χ0n) is 10.7. The first-order chi connectivity index (χ1) is 8.60. The molecule has 0 bridgehead atoms. The summed E-state index contributed by atoms with van der Waals surface area (Å²) >= 11 is 0. The summed E-state index contributed by atoms with van der Waals surface area (Å²) < 4.78 is 0. The Morgan fingerprint density at radius 1 is 1.67 bits per heavy atom. The van der Waals surface area contributed by atoms with Crippen molar-refractivity contribution in [3.8, 4) is 0 Å². The summed E-state index contributed by atoms with van der Waals surface area (Å²) in [5.74, 6) is 0.459. The van der Waals surface area contributed by atoms with Gasteiger partial charge in [0, 0.05) is 6.20 Å². The number of nitrogens with one attached hydrogen (secondary N) is 1. The lowest BCUT2D eigenvalue weighted by molar-refractivity contribution is -0.128. The lowest BCUT2D eigenvalue weighted by atomic mass is 9.76. The molecule has 5 heteroatoms. The number of rotatable bonds is 3. The largest absolute Gasteiger partial charge is 0.349 e. The van der Waals surface area contributed by atoms with Gasteiger partial charge in [-0.2, -0.15) is 0 Å². The highest BCUT2D eigenvalue weighted by atomic mass is 16.2. The van der Waals surface area contributed by atoms with E-state index in [0.29, 0.717) is 12.5 Å². The Morgan fingerprint density at radius 2 is 2.50 bits per heavy atom. The minimum absolute atomic E-state index is 0.0623. The minimum Gasteiger partial charge on any atom is -0.349 e. The maximum atomic E-state index is 12.2. The van der Waals surface area contributed by atoms with E-state index >= 15 is 0 Å². The van der Waals surface area contributed by atoms with Crippen LogP contribution in [-0.4, -0.2) is 21.4 Å². The zero-order chi connectivity index (χ0) is 13.0. The number of nitrogens with zero attached hydrogens (tertiary/aromatic N) is 2. The number of nitrogens with two attached hydrogens (primary N) is 1. The van der Waals surface area contributed by atoms with Crippen molar-refractivity contribution in [2.75, 3.05) is 0 Å². The van der Waals surface area contributed by atoms with Crippen LogP contribution in [-0.2, 0) is 11.3 Å². The fraction of sp³-hybridized carbons (Fsp3) is 0.615. The van der Waals surface area contributed by atoms with E-state index in [0.717, 1.165) is 31.4 Å². The average Bonchev–Trinajstić information content (AvgIpc) is 2.37. The van der Waals surface area contributed by atoms with Crippen molar-refractivity contribution in [1.29, 1.82) is 0 Å². The average molecular weight is 248 g/mol. The van der Waals surface area contributed by atoms with Gasteiger partial charge in [-0.25, -0.2) is 9.97 Å². The third-order valence-electron chi connectivity index (χ3n) is 3.56. The van der Waals surface area contributed by atoms with E-state index in [4.69, 9.17) is 5.73 Å². The SMILES string of the molecule is CC1CCCC(N)(C(=O)NCc2ccncn2)C1. The number of hydrogen-bond acceptors (Lipinski definition) is 4. The van der Waals surface area contributed by atoms with Gasteiger partial charge in [0.05, 0.1) is 17.8 Å². The molecule has 2 unspecified atom stereocenters. The number of carbonyl (C=O) groups is 1. The van der Waals surface area contributed by atoms with Crippen LogP contribution in [0.3, 0.4) is 0 Å². The summed E-state index contributed by atoms with van der Waals surface area (Å²) in [4.78, 5) is 20.1. The van der Waals surface area contributed by atoms with Crippen LogP contribution in [0.5, 0.6) is 0 Å². The van der Waals surface area contributed by atoms with Gasteiger partial charge < -0.3 is 11.1 Å². The van der Waals surface area contributed by atoms with Gasteiger partial charge in [-0.3, -0.25) is 4.79 Å². The molecule has 2 atom stereocenters. The molecule has 0 aliphatic heterocycles. The molecule has 1 aliphatic rings. The molecule has 1 aromatic heterocycles. The second-order valence-electron chi connectivity index (χ2n) is 5.24. The maximum Gasteiger partial charge on any atom is 0.240 e. The van der Waals surface area contributed by atoms with Crippen molar-refractivity contribution in [3.63, 3.8) is 0 Å². The third-order valence-corrected chi connectivity index (χ3v) is 3.56. The molecular formula is C13H20N4O. The first-order valence-electron chi connectivity index (χ1n) is 6.42. The summed E-state index contributed by atoms with van der Waals surface area (Å²) in [5, 5.41) is 2.88. The second-order valence-corrected chi connectivity index (χ2v) is 5.24. The smallest absolute Gasteiger partial charge is 0.240 e. The highest BCUT2D eigenvalue weighted by molar-refractivity contribution is 5.86. The lowest BCUT2D eigenvalue weighted by Gasteiger charge is -2.35. The van der Waals surface area contributed by atoms with Crippen molar-refractivity contribution in [3.05, 3.63) is 24.3 Å². The van der Waals surface area contributed by atoms with Crippen molar-refractivity contribution in [2.45, 2.75) is 44.7 Å². The molecular weight excluding hydrogens is 228 g/mol. The standard InChI is InChI=1S/C13H20N4O/c1-10-3-2-5-13(14,7-10)12(18)16-8-11-4-6-15-9-17-11/h4,6,9-10H,2-3,5,7-8,14H2,1H3,(H,16,18). The van der Waals surface area contributed by atoms with Crippen LogP contribution >= 0.6 is 0 Å². The van der Waals surface area contributed by atoms with Crippen molar-refractivity contribution < 1.29 is 4.79 Å². The van der Waals surface area contributed by atoms with Crippen molar-refractivity contribution in [1.82, 2.24) is 15.3 Å². The van der Waals surface area contributed by atoms with Gasteiger partial charge in [0.25, 0.3) is 0 Å². The zero-order valence-corrected chi connectivity index (χ0v) is 10.7. The fourth-order valence-corrected chi connectivity index (χ4v) is 2.57. The van der Waals surface area contributed by atoms with Crippen molar-refractivity contribution in [2.24, 2.45) is 11.7 Å². The molecule has 1 heterocycles. The van der Waals surface area contributed by atoms with E-state index in [1.165, 1.54) is 6.33 Å². The monoisotopic (exact) mass is 248 g/mol. The Kier molecular flexibility index (Phi) is 3.91. The van der Waals surface area contributed by atoms with Crippen molar-refractivity contribution >= 4 is 5.91 Å². The van der Waals surface area contributed by atoms with Crippen LogP contribution < -0.4 is 11.1 Å². The molecule has 0 aromatic carbocycles. The normalized spacial score (nSPS) is 27.8. The third kappa shape index (κ3) is 3.04. The maximum absolute atomic E-state index is 12.2. The van der Waals surface area contributed by atoms with Gasteiger partial charge in [0.2, 0.25) is 5.91 Å². The molecule has 1 amide bonds. The Bertz CT molecular complexity index is 409. The molecule has 3 N–H and O–H groups in total. The molecule has 18 heavy (non-hydrogen) atoms. The van der Waals surface area contributed by atoms with Gasteiger partial charge in [-0.1, -0.05) is 19.8 Å². The van der Waals surface area contributed by atoms with Crippen LogP contribution in [0.4, 0.5) is 0 Å². The Balaban J connectivity index is 1.91. The molecule has 0 saturated heterocycles. The van der Waals surface area contributed by atoms with Gasteiger partial charge in [0.1, 0.15) is 6.33 Å². The Labute approximate surface area is 107 Å². The lowest BCUT2D eigenvalue weighted by Crippen LogP contribution is -2.56. The van der Waals surface area contributed by atoms with Gasteiger partial charge >= 0.3 is 0 Å². The van der Waals surface area contributed by atoms with E-state index < -0.39 is 5.54 Å². The molecule has 98 valence electrons. The number of amides is 1. The van der Waals surface area contributed by atoms with Crippen LogP contribution in [0.15, 0.2) is 18.6 Å². The molecule has 5 nitrogen and oxygen atoms in total. The number of hydrogen-bond donors (Lipinski definition) is 2. The predicted molar refractivity (Wildman–Crippen MR) is 68.4 cm³/mol. The summed E-state index contributed by atoms with van der Waals surface area (Å²) in [6, 6.07) is 1.78. The van der Waals surface area contributed by atoms with E-state index in [1.807, 2.05) is 0 Å². The summed E-state index contributed by atoms with van der Waals surface area (Å²) in [6.07, 6.45) is 6.87. The quantitative estimate of drug-likeness (QED) is 0.836. The summed E-state index contributed by atoms with van der Waals surface area (Å²) in [7, 11) is 0. The van der Waals surface area contributed by atoms with Gasteiger partial charge in [0.15, 0.2) is 0 Å². The molecule has 1 aliphatic carbocycles. The van der Waals surface area contributed by atoms with E-state index in [-0.39, 0.29) is 5.91 Å².